The normalized spacial score (nSPS) is 24.9. The van der Waals surface area contributed by atoms with Gasteiger partial charge in [-0.2, -0.15) is 0 Å². The van der Waals surface area contributed by atoms with Gasteiger partial charge < -0.3 is 25.2 Å². The minimum atomic E-state index is -0.0329. The third kappa shape index (κ3) is 5.42. The first-order valence-corrected chi connectivity index (χ1v) is 15.2. The Balaban J connectivity index is 1.06. The third-order valence-electron chi connectivity index (χ3n) is 9.67. The van der Waals surface area contributed by atoms with E-state index in [0.29, 0.717) is 35.7 Å². The summed E-state index contributed by atoms with van der Waals surface area (Å²) in [6.07, 6.45) is 8.80. The fourth-order valence-corrected chi connectivity index (χ4v) is 7.03. The molecule has 3 unspecified atom stereocenters. The van der Waals surface area contributed by atoms with Crippen LogP contribution >= 0.6 is 0 Å². The second-order valence-corrected chi connectivity index (χ2v) is 12.4. The van der Waals surface area contributed by atoms with Gasteiger partial charge in [-0.3, -0.25) is 9.59 Å². The minimum Gasteiger partial charge on any atom is -0.493 e. The number of nitrogens with zero attached hydrogens (tertiary/aromatic N) is 3. The van der Waals surface area contributed by atoms with Gasteiger partial charge in [-0.05, 0) is 89.0 Å². The Bertz CT molecular complexity index is 1240. The van der Waals surface area contributed by atoms with Gasteiger partial charge in [0.25, 0.3) is 11.8 Å². The van der Waals surface area contributed by atoms with Crippen LogP contribution in [0, 0.1) is 12.8 Å². The number of fused-ring (bicyclic) bond motifs is 2. The van der Waals surface area contributed by atoms with Crippen LogP contribution in [-0.4, -0.2) is 72.1 Å². The summed E-state index contributed by atoms with van der Waals surface area (Å²) in [6.45, 7) is 10.0. The molecule has 2 aromatic rings. The Kier molecular flexibility index (Phi) is 7.71. The lowest BCUT2D eigenvalue weighted by atomic mass is 9.76. The zero-order valence-corrected chi connectivity index (χ0v) is 24.1. The van der Waals surface area contributed by atoms with E-state index in [9.17, 15) is 9.59 Å². The Morgan fingerprint density at radius 2 is 1.73 bits per heavy atom. The van der Waals surface area contributed by atoms with Crippen LogP contribution in [0.5, 0.6) is 5.75 Å². The van der Waals surface area contributed by atoms with E-state index in [0.717, 1.165) is 75.3 Å². The molecule has 8 nitrogen and oxygen atoms in total. The van der Waals surface area contributed by atoms with Crippen molar-refractivity contribution in [3.8, 4) is 5.75 Å². The predicted molar refractivity (Wildman–Crippen MR) is 156 cm³/mol. The number of rotatable bonds is 6. The zero-order chi connectivity index (χ0) is 27.8. The van der Waals surface area contributed by atoms with E-state index < -0.39 is 0 Å². The number of amides is 2. The molecule has 2 N–H and O–H groups in total. The minimum absolute atomic E-state index is 0.00602. The number of pyridine rings is 1. The molecule has 1 aromatic heterocycles. The van der Waals surface area contributed by atoms with Crippen LogP contribution in [0.15, 0.2) is 30.5 Å². The summed E-state index contributed by atoms with van der Waals surface area (Å²) in [5.74, 6) is 2.32. The highest BCUT2D eigenvalue weighted by Gasteiger charge is 2.40. The first-order valence-electron chi connectivity index (χ1n) is 15.2. The van der Waals surface area contributed by atoms with Gasteiger partial charge in [0.1, 0.15) is 11.6 Å². The maximum Gasteiger partial charge on any atom is 0.253 e. The van der Waals surface area contributed by atoms with Crippen molar-refractivity contribution in [2.75, 3.05) is 31.1 Å². The van der Waals surface area contributed by atoms with Crippen LogP contribution in [0.2, 0.25) is 0 Å². The van der Waals surface area contributed by atoms with Gasteiger partial charge in [0, 0.05) is 67.5 Å². The van der Waals surface area contributed by atoms with Crippen molar-refractivity contribution in [2.24, 2.45) is 5.92 Å². The van der Waals surface area contributed by atoms with Crippen molar-refractivity contribution in [1.82, 2.24) is 20.5 Å². The summed E-state index contributed by atoms with van der Waals surface area (Å²) in [4.78, 5) is 35.8. The molecule has 6 rings (SSSR count). The number of carbonyl (C=O) groups excluding carboxylic acids is 2. The highest BCUT2D eigenvalue weighted by molar-refractivity contribution is 5.96. The fraction of sp³-hybridized carbons (Fsp3) is 0.594. The lowest BCUT2D eigenvalue weighted by Crippen LogP contribution is -2.47. The van der Waals surface area contributed by atoms with Crippen molar-refractivity contribution in [2.45, 2.75) is 89.9 Å². The molecule has 0 bridgehead atoms. The van der Waals surface area contributed by atoms with E-state index in [1.54, 1.807) is 6.20 Å². The number of likely N-dealkylation sites (tertiary alicyclic amines) is 1. The summed E-state index contributed by atoms with van der Waals surface area (Å²) < 4.78 is 5.79. The van der Waals surface area contributed by atoms with Crippen LogP contribution in [0.4, 0.5) is 5.82 Å². The Morgan fingerprint density at radius 3 is 2.42 bits per heavy atom. The first-order chi connectivity index (χ1) is 19.4. The molecule has 214 valence electrons. The molecule has 3 fully saturated rings. The van der Waals surface area contributed by atoms with Gasteiger partial charge in [0.05, 0.1) is 12.2 Å². The maximum absolute atomic E-state index is 13.3. The summed E-state index contributed by atoms with van der Waals surface area (Å²) in [5, 5.41) is 6.56. The van der Waals surface area contributed by atoms with Gasteiger partial charge in [-0.15, -0.1) is 0 Å². The molecule has 1 aromatic carbocycles. The van der Waals surface area contributed by atoms with Gasteiger partial charge >= 0.3 is 0 Å². The quantitative estimate of drug-likeness (QED) is 0.568. The third-order valence-corrected chi connectivity index (χ3v) is 9.67. The predicted octanol–water partition coefficient (Wildman–Crippen LogP) is 4.10. The summed E-state index contributed by atoms with van der Waals surface area (Å²) in [5.41, 5.74) is 3.47. The van der Waals surface area contributed by atoms with Gasteiger partial charge in [-0.1, -0.05) is 6.07 Å². The molecule has 2 amide bonds. The molecule has 1 aliphatic carbocycles. The standard InChI is InChI=1S/C32H43N5O3/c1-20(2)36-14-10-25(11-15-36)34-31(38)24-6-9-29(33-19-24)37-16-12-26(18-23-5-8-28(23)37)35-32(39)27-7-4-22-13-17-40-30(22)21(27)3/h4,6-7,9,19-20,23,25-26,28H,5,8,10-18H2,1-3H3,(H,34,38)(H,35,39). The van der Waals surface area contributed by atoms with E-state index in [4.69, 9.17) is 9.72 Å². The molecule has 8 heteroatoms. The second kappa shape index (κ2) is 11.4. The smallest absolute Gasteiger partial charge is 0.253 e. The second-order valence-electron chi connectivity index (χ2n) is 12.4. The van der Waals surface area contributed by atoms with Crippen LogP contribution < -0.4 is 20.3 Å². The zero-order valence-electron chi connectivity index (χ0n) is 24.1. The number of hydrogen-bond acceptors (Lipinski definition) is 6. The largest absolute Gasteiger partial charge is 0.493 e. The monoisotopic (exact) mass is 545 g/mol. The molecule has 4 heterocycles. The number of hydrogen-bond donors (Lipinski definition) is 2. The van der Waals surface area contributed by atoms with E-state index in [1.165, 1.54) is 12.0 Å². The number of carbonyl (C=O) groups is 2. The van der Waals surface area contributed by atoms with Crippen molar-refractivity contribution in [1.29, 1.82) is 0 Å². The number of ether oxygens (including phenoxy) is 1. The molecular formula is C32H43N5O3. The molecule has 40 heavy (non-hydrogen) atoms. The topological polar surface area (TPSA) is 86.8 Å². The fourth-order valence-electron chi connectivity index (χ4n) is 7.03. The number of benzene rings is 1. The lowest BCUT2D eigenvalue weighted by molar-refractivity contribution is 0.0897. The van der Waals surface area contributed by atoms with Gasteiger partial charge in [0.15, 0.2) is 0 Å². The lowest BCUT2D eigenvalue weighted by Gasteiger charge is -2.43. The number of nitrogens with one attached hydrogen (secondary N) is 2. The van der Waals surface area contributed by atoms with E-state index in [2.05, 4.69) is 34.3 Å². The SMILES string of the molecule is Cc1c(C(=O)NC2CCN(c3ccc(C(=O)NC4CCN(C(C)C)CC4)cn3)C3CCC3C2)ccc2c1OCC2. The highest BCUT2D eigenvalue weighted by Crippen LogP contribution is 2.40. The molecule has 0 radical (unpaired) electrons. The molecule has 4 aliphatic rings. The van der Waals surface area contributed by atoms with E-state index >= 15 is 0 Å². The Morgan fingerprint density at radius 1 is 0.950 bits per heavy atom. The molecule has 1 saturated carbocycles. The van der Waals surface area contributed by atoms with Crippen LogP contribution in [0.1, 0.15) is 84.2 Å². The highest BCUT2D eigenvalue weighted by atomic mass is 16.5. The molecule has 0 spiro atoms. The molecular weight excluding hydrogens is 502 g/mol. The molecule has 3 aliphatic heterocycles. The Hall–Kier alpha value is -3.13. The van der Waals surface area contributed by atoms with Crippen molar-refractivity contribution >= 4 is 17.6 Å². The number of piperidine rings is 1. The average molecular weight is 546 g/mol. The van der Waals surface area contributed by atoms with E-state index in [-0.39, 0.29) is 23.9 Å². The number of anilines is 1. The van der Waals surface area contributed by atoms with E-state index in [1.807, 2.05) is 31.2 Å². The Labute approximate surface area is 237 Å². The molecule has 3 atom stereocenters. The van der Waals surface area contributed by atoms with Gasteiger partial charge in [-0.25, -0.2) is 4.98 Å². The van der Waals surface area contributed by atoms with Crippen LogP contribution in [-0.2, 0) is 6.42 Å². The van der Waals surface area contributed by atoms with Gasteiger partial charge in [0.2, 0.25) is 0 Å². The van der Waals surface area contributed by atoms with Crippen LogP contribution in [0.3, 0.4) is 0 Å². The summed E-state index contributed by atoms with van der Waals surface area (Å²) >= 11 is 0. The maximum atomic E-state index is 13.3. The van der Waals surface area contributed by atoms with Crippen LogP contribution in [0.25, 0.3) is 0 Å². The average Bonchev–Trinajstić information content (AvgIpc) is 3.39. The van der Waals surface area contributed by atoms with Crippen molar-refractivity contribution in [3.05, 3.63) is 52.7 Å². The number of aromatic nitrogens is 1. The summed E-state index contributed by atoms with van der Waals surface area (Å²) in [6, 6.07) is 9.24. The molecule has 2 saturated heterocycles. The van der Waals surface area contributed by atoms with Crippen molar-refractivity contribution < 1.29 is 14.3 Å². The van der Waals surface area contributed by atoms with Crippen molar-refractivity contribution in [3.63, 3.8) is 0 Å². The first kappa shape index (κ1) is 27.1. The summed E-state index contributed by atoms with van der Waals surface area (Å²) in [7, 11) is 0.